The molecule has 0 saturated carbocycles. The second-order valence-corrected chi connectivity index (χ2v) is 7.19. The van der Waals surface area contributed by atoms with E-state index >= 15 is 0 Å². The van der Waals surface area contributed by atoms with Gasteiger partial charge in [-0.05, 0) is 19.8 Å². The molecular weight excluding hydrogens is 336 g/mol. The van der Waals surface area contributed by atoms with Crippen LogP contribution in [-0.4, -0.2) is 58.8 Å². The molecule has 1 N–H and O–H groups in total. The van der Waals surface area contributed by atoms with Crippen LogP contribution < -0.4 is 5.32 Å². The Labute approximate surface area is 146 Å². The molecule has 2 amide bonds. The van der Waals surface area contributed by atoms with E-state index in [9.17, 15) is 9.59 Å². The lowest BCUT2D eigenvalue weighted by Gasteiger charge is -2.26. The number of nitrogens with one attached hydrogen (secondary N) is 1. The highest BCUT2D eigenvalue weighted by Gasteiger charge is 2.34. The fraction of sp³-hybridized carbons (Fsp3) is 0.667. The summed E-state index contributed by atoms with van der Waals surface area (Å²) in [7, 11) is 1.77. The molecule has 1 aromatic heterocycles. The molecule has 0 aliphatic carbocycles. The predicted molar refractivity (Wildman–Crippen MR) is 91.7 cm³/mol. The Kier molecular flexibility index (Phi) is 6.00. The number of nitrogens with zero attached hydrogens (tertiary/aromatic N) is 3. The predicted octanol–water partition coefficient (Wildman–Crippen LogP) is 1.18. The Balaban J connectivity index is 0.00000192. The summed E-state index contributed by atoms with van der Waals surface area (Å²) in [5, 5.41) is 6.37. The fourth-order valence-corrected chi connectivity index (χ4v) is 3.94. The molecule has 1 aromatic rings. The number of carbonyl (C=O) groups excluding carboxylic acids is 2. The van der Waals surface area contributed by atoms with E-state index in [0.717, 1.165) is 23.5 Å². The van der Waals surface area contributed by atoms with E-state index < -0.39 is 0 Å². The van der Waals surface area contributed by atoms with Crippen molar-refractivity contribution >= 4 is 35.6 Å². The van der Waals surface area contributed by atoms with Crippen molar-refractivity contribution in [3.8, 4) is 0 Å². The number of fused-ring (bicyclic) bond motifs is 2. The Bertz CT molecular complexity index is 580. The maximum atomic E-state index is 12.4. The van der Waals surface area contributed by atoms with Crippen LogP contribution in [0.25, 0.3) is 0 Å². The van der Waals surface area contributed by atoms with Gasteiger partial charge in [-0.15, -0.1) is 23.7 Å². The molecule has 3 heterocycles. The first-order valence-electron chi connectivity index (χ1n) is 7.70. The van der Waals surface area contributed by atoms with Crippen molar-refractivity contribution in [2.45, 2.75) is 44.8 Å². The quantitative estimate of drug-likeness (QED) is 0.878. The van der Waals surface area contributed by atoms with Crippen LogP contribution in [0.1, 0.15) is 30.0 Å². The summed E-state index contributed by atoms with van der Waals surface area (Å²) in [6.45, 7) is 3.26. The van der Waals surface area contributed by atoms with Crippen molar-refractivity contribution in [2.75, 3.05) is 20.1 Å². The molecule has 2 aliphatic rings. The molecule has 2 fully saturated rings. The fourth-order valence-electron chi connectivity index (χ4n) is 3.12. The number of hydrogen-bond donors (Lipinski definition) is 1. The van der Waals surface area contributed by atoms with Crippen molar-refractivity contribution in [3.63, 3.8) is 0 Å². The second kappa shape index (κ2) is 7.59. The van der Waals surface area contributed by atoms with Gasteiger partial charge < -0.3 is 15.1 Å². The van der Waals surface area contributed by atoms with E-state index in [1.807, 2.05) is 12.3 Å². The standard InChI is InChI=1S/C15H22N4O2S.ClH/c1-10-9-22-13(16-10)7-18(2)15(21)8-19-6-12-4-3-11(17-12)5-14(19)20;/h9,11-12,17H,3-8H2,1-2H3;1H/t11-,12+;/m1./s1. The minimum atomic E-state index is -0.0287. The molecule has 128 valence electrons. The molecule has 8 heteroatoms. The Morgan fingerprint density at radius 3 is 2.91 bits per heavy atom. The maximum absolute atomic E-state index is 12.4. The molecule has 0 aromatic carbocycles. The van der Waals surface area contributed by atoms with Crippen molar-refractivity contribution in [1.82, 2.24) is 20.1 Å². The highest BCUT2D eigenvalue weighted by molar-refractivity contribution is 7.09. The van der Waals surface area contributed by atoms with Gasteiger partial charge in [0.15, 0.2) is 0 Å². The van der Waals surface area contributed by atoms with E-state index in [0.29, 0.717) is 31.6 Å². The zero-order valence-electron chi connectivity index (χ0n) is 13.4. The van der Waals surface area contributed by atoms with Crippen molar-refractivity contribution in [1.29, 1.82) is 0 Å². The van der Waals surface area contributed by atoms with Crippen LogP contribution in [0.3, 0.4) is 0 Å². The average molecular weight is 359 g/mol. The third-order valence-corrected chi connectivity index (χ3v) is 5.29. The first kappa shape index (κ1) is 18.2. The van der Waals surface area contributed by atoms with Crippen LogP contribution in [0.2, 0.25) is 0 Å². The smallest absolute Gasteiger partial charge is 0.242 e. The van der Waals surface area contributed by atoms with E-state index in [4.69, 9.17) is 0 Å². The van der Waals surface area contributed by atoms with E-state index in [2.05, 4.69) is 10.3 Å². The zero-order chi connectivity index (χ0) is 15.7. The number of likely N-dealkylation sites (tertiary alicyclic amines) is 1. The van der Waals surface area contributed by atoms with E-state index in [-0.39, 0.29) is 30.8 Å². The molecule has 2 bridgehead atoms. The van der Waals surface area contributed by atoms with Gasteiger partial charge in [-0.2, -0.15) is 0 Å². The summed E-state index contributed by atoms with van der Waals surface area (Å²) in [6.07, 6.45) is 2.68. The van der Waals surface area contributed by atoms with Gasteiger partial charge in [-0.1, -0.05) is 0 Å². The molecule has 2 aliphatic heterocycles. The van der Waals surface area contributed by atoms with Gasteiger partial charge in [0.2, 0.25) is 11.8 Å². The first-order chi connectivity index (χ1) is 10.5. The van der Waals surface area contributed by atoms with Crippen molar-refractivity contribution < 1.29 is 9.59 Å². The van der Waals surface area contributed by atoms with E-state index in [1.54, 1.807) is 28.2 Å². The first-order valence-corrected chi connectivity index (χ1v) is 8.58. The third-order valence-electron chi connectivity index (χ3n) is 4.34. The maximum Gasteiger partial charge on any atom is 0.242 e. The minimum Gasteiger partial charge on any atom is -0.337 e. The number of carbonyl (C=O) groups is 2. The summed E-state index contributed by atoms with van der Waals surface area (Å²) in [4.78, 5) is 32.3. The van der Waals surface area contributed by atoms with Crippen LogP contribution in [0.5, 0.6) is 0 Å². The summed E-state index contributed by atoms with van der Waals surface area (Å²) >= 11 is 1.56. The minimum absolute atomic E-state index is 0. The Morgan fingerprint density at radius 2 is 2.22 bits per heavy atom. The lowest BCUT2D eigenvalue weighted by Crippen LogP contribution is -2.44. The number of likely N-dealkylation sites (N-methyl/N-ethyl adjacent to an activating group) is 1. The molecule has 23 heavy (non-hydrogen) atoms. The number of rotatable bonds is 4. The molecule has 2 saturated heterocycles. The van der Waals surface area contributed by atoms with Gasteiger partial charge >= 0.3 is 0 Å². The number of halogens is 1. The Morgan fingerprint density at radius 1 is 1.48 bits per heavy atom. The van der Waals surface area contributed by atoms with Crippen molar-refractivity contribution in [3.05, 3.63) is 16.1 Å². The van der Waals surface area contributed by atoms with Gasteiger partial charge in [-0.25, -0.2) is 4.98 Å². The van der Waals surface area contributed by atoms with Crippen LogP contribution in [-0.2, 0) is 16.1 Å². The van der Waals surface area contributed by atoms with Gasteiger partial charge in [0, 0.05) is 43.2 Å². The molecule has 0 unspecified atom stereocenters. The summed E-state index contributed by atoms with van der Waals surface area (Å²) in [5.74, 6) is 0.0607. The molecule has 2 atom stereocenters. The van der Waals surface area contributed by atoms with Gasteiger partial charge in [0.05, 0.1) is 13.1 Å². The number of amides is 2. The number of aromatic nitrogens is 1. The number of thiazole rings is 1. The van der Waals surface area contributed by atoms with Crippen LogP contribution in [0.15, 0.2) is 5.38 Å². The highest BCUT2D eigenvalue weighted by atomic mass is 35.5. The zero-order valence-corrected chi connectivity index (χ0v) is 15.1. The SMILES string of the molecule is Cc1csc(CN(C)C(=O)CN2C[C@@H]3CC[C@H](CC2=O)N3)n1.Cl. The molecular formula is C15H23ClN4O2S. The molecule has 6 nitrogen and oxygen atoms in total. The molecule has 0 spiro atoms. The second-order valence-electron chi connectivity index (χ2n) is 6.25. The highest BCUT2D eigenvalue weighted by Crippen LogP contribution is 2.21. The van der Waals surface area contributed by atoms with Gasteiger partial charge in [0.1, 0.15) is 5.01 Å². The Hall–Kier alpha value is -1.18. The van der Waals surface area contributed by atoms with Crippen LogP contribution >= 0.6 is 23.7 Å². The largest absolute Gasteiger partial charge is 0.337 e. The van der Waals surface area contributed by atoms with Crippen LogP contribution in [0.4, 0.5) is 0 Å². The molecule has 0 radical (unpaired) electrons. The van der Waals surface area contributed by atoms with Crippen LogP contribution in [0, 0.1) is 6.92 Å². The monoisotopic (exact) mass is 358 g/mol. The molecule has 3 rings (SSSR count). The normalized spacial score (nSPS) is 23.4. The van der Waals surface area contributed by atoms with Crippen molar-refractivity contribution in [2.24, 2.45) is 0 Å². The van der Waals surface area contributed by atoms with Gasteiger partial charge in [-0.3, -0.25) is 9.59 Å². The lowest BCUT2D eigenvalue weighted by molar-refractivity contribution is -0.140. The van der Waals surface area contributed by atoms with Gasteiger partial charge in [0.25, 0.3) is 0 Å². The van der Waals surface area contributed by atoms with E-state index in [1.165, 1.54) is 0 Å². The summed E-state index contributed by atoms with van der Waals surface area (Å²) < 4.78 is 0. The third kappa shape index (κ3) is 4.43. The average Bonchev–Trinajstić information content (AvgIpc) is 3.03. The summed E-state index contributed by atoms with van der Waals surface area (Å²) in [5.41, 5.74) is 0.977. The summed E-state index contributed by atoms with van der Waals surface area (Å²) in [6, 6.07) is 0.643. The number of hydrogen-bond acceptors (Lipinski definition) is 5. The topological polar surface area (TPSA) is 65.5 Å². The lowest BCUT2D eigenvalue weighted by atomic mass is 10.1. The number of aryl methyl sites for hydroxylation is 1.